The average Bonchev–Trinajstić information content (AvgIpc) is 2.35. The van der Waals surface area contributed by atoms with Crippen LogP contribution in [0.2, 0.25) is 0 Å². The van der Waals surface area contributed by atoms with E-state index < -0.39 is 5.97 Å². The Morgan fingerprint density at radius 1 is 1.24 bits per heavy atom. The van der Waals surface area contributed by atoms with Gasteiger partial charge in [-0.3, -0.25) is 4.79 Å². The van der Waals surface area contributed by atoms with Crippen molar-refractivity contribution in [2.24, 2.45) is 5.92 Å². The van der Waals surface area contributed by atoms with Gasteiger partial charge in [-0.25, -0.2) is 0 Å². The summed E-state index contributed by atoms with van der Waals surface area (Å²) in [6.45, 7) is 0.515. The lowest BCUT2D eigenvalue weighted by molar-refractivity contribution is -0.141. The largest absolute Gasteiger partial charge is 0.481 e. The van der Waals surface area contributed by atoms with Gasteiger partial charge in [0.1, 0.15) is 0 Å². The monoisotopic (exact) mass is 227 g/mol. The van der Waals surface area contributed by atoms with Crippen LogP contribution in [0.4, 0.5) is 5.69 Å². The van der Waals surface area contributed by atoms with E-state index in [9.17, 15) is 4.79 Å². The first-order valence-electron chi connectivity index (χ1n) is 5.72. The molecule has 1 unspecified atom stereocenters. The number of nitrogens with one attached hydrogen (secondary N) is 1. The van der Waals surface area contributed by atoms with Crippen molar-refractivity contribution in [2.45, 2.75) is 6.42 Å². The molecule has 0 aliphatic carbocycles. The summed E-state index contributed by atoms with van der Waals surface area (Å²) in [5.74, 6) is -1.04. The molecule has 0 spiro atoms. The van der Waals surface area contributed by atoms with Gasteiger partial charge in [0, 0.05) is 12.2 Å². The van der Waals surface area contributed by atoms with Crippen LogP contribution < -0.4 is 5.32 Å². The molecule has 17 heavy (non-hydrogen) atoms. The molecule has 0 bridgehead atoms. The maximum Gasteiger partial charge on any atom is 0.308 e. The van der Waals surface area contributed by atoms with Gasteiger partial charge in [0.05, 0.1) is 5.92 Å². The number of carbonyl (C=O) groups is 1. The topological polar surface area (TPSA) is 49.3 Å². The van der Waals surface area contributed by atoms with Crippen molar-refractivity contribution in [3.63, 3.8) is 0 Å². The molecule has 0 aromatic heterocycles. The van der Waals surface area contributed by atoms with E-state index >= 15 is 0 Å². The Morgan fingerprint density at radius 2 is 1.94 bits per heavy atom. The van der Waals surface area contributed by atoms with Crippen LogP contribution in [0.3, 0.4) is 0 Å². The van der Waals surface area contributed by atoms with E-state index in [0.29, 0.717) is 13.0 Å². The molecule has 0 saturated carbocycles. The van der Waals surface area contributed by atoms with Gasteiger partial charge in [-0.1, -0.05) is 24.3 Å². The van der Waals surface area contributed by atoms with E-state index in [1.807, 2.05) is 12.1 Å². The molecule has 0 fully saturated rings. The predicted octanol–water partition coefficient (Wildman–Crippen LogP) is 2.51. The molecule has 0 radical (unpaired) electrons. The van der Waals surface area contributed by atoms with Crippen LogP contribution in [0, 0.1) is 5.92 Å². The van der Waals surface area contributed by atoms with Gasteiger partial charge < -0.3 is 10.4 Å². The van der Waals surface area contributed by atoms with Gasteiger partial charge in [0.2, 0.25) is 0 Å². The molecule has 3 nitrogen and oxygen atoms in total. The molecular weight excluding hydrogens is 214 g/mol. The predicted molar refractivity (Wildman–Crippen MR) is 67.3 cm³/mol. The Morgan fingerprint density at radius 3 is 2.65 bits per heavy atom. The maximum atomic E-state index is 11.0. The number of fused-ring (bicyclic) bond motifs is 2. The van der Waals surface area contributed by atoms with E-state index in [-0.39, 0.29) is 5.92 Å². The lowest BCUT2D eigenvalue weighted by Crippen LogP contribution is -2.29. The molecule has 1 heterocycles. The molecule has 1 atom stereocenters. The normalized spacial score (nSPS) is 18.5. The number of hydrogen-bond acceptors (Lipinski definition) is 2. The average molecular weight is 227 g/mol. The maximum absolute atomic E-state index is 11.0. The van der Waals surface area contributed by atoms with Crippen molar-refractivity contribution in [1.29, 1.82) is 0 Å². The van der Waals surface area contributed by atoms with Gasteiger partial charge in [-0.15, -0.1) is 0 Å². The quantitative estimate of drug-likeness (QED) is 0.787. The van der Waals surface area contributed by atoms with Crippen molar-refractivity contribution in [1.82, 2.24) is 0 Å². The summed E-state index contributed by atoms with van der Waals surface area (Å²) in [6.07, 6.45) is 0.614. The summed E-state index contributed by atoms with van der Waals surface area (Å²) in [5, 5.41) is 14.6. The Hall–Kier alpha value is -2.03. The van der Waals surface area contributed by atoms with Gasteiger partial charge in [-0.2, -0.15) is 0 Å². The lowest BCUT2D eigenvalue weighted by atomic mass is 9.92. The molecule has 2 N–H and O–H groups in total. The van der Waals surface area contributed by atoms with Gasteiger partial charge >= 0.3 is 5.97 Å². The molecule has 0 saturated heterocycles. The van der Waals surface area contributed by atoms with Crippen LogP contribution in [0.5, 0.6) is 0 Å². The molecule has 1 aliphatic heterocycles. The highest BCUT2D eigenvalue weighted by Gasteiger charge is 2.23. The number of carboxylic acids is 1. The van der Waals surface area contributed by atoms with Crippen molar-refractivity contribution in [2.75, 3.05) is 11.9 Å². The molecule has 2 aromatic carbocycles. The van der Waals surface area contributed by atoms with E-state index in [1.54, 1.807) is 0 Å². The van der Waals surface area contributed by atoms with Crippen LogP contribution in [0.1, 0.15) is 5.56 Å². The van der Waals surface area contributed by atoms with Crippen LogP contribution in [-0.4, -0.2) is 17.6 Å². The SMILES string of the molecule is O=C(O)C1CNc2cc3ccccc3cc2C1. The number of benzene rings is 2. The molecule has 1 aliphatic rings. The Balaban J connectivity index is 2.07. The first kappa shape index (κ1) is 10.1. The van der Waals surface area contributed by atoms with Crippen LogP contribution in [0.25, 0.3) is 10.8 Å². The van der Waals surface area contributed by atoms with E-state index in [1.165, 1.54) is 10.8 Å². The fourth-order valence-electron chi connectivity index (χ4n) is 2.37. The highest BCUT2D eigenvalue weighted by Crippen LogP contribution is 2.29. The fraction of sp³-hybridized carbons (Fsp3) is 0.214. The highest BCUT2D eigenvalue weighted by molar-refractivity contribution is 5.88. The zero-order valence-electron chi connectivity index (χ0n) is 9.31. The fourth-order valence-corrected chi connectivity index (χ4v) is 2.37. The Kier molecular flexibility index (Phi) is 2.25. The minimum absolute atomic E-state index is 0.316. The summed E-state index contributed by atoms with van der Waals surface area (Å²) >= 11 is 0. The molecule has 3 heteroatoms. The summed E-state index contributed by atoms with van der Waals surface area (Å²) in [6, 6.07) is 12.3. The first-order valence-corrected chi connectivity index (χ1v) is 5.72. The Labute approximate surface area is 99.1 Å². The minimum atomic E-state index is -0.726. The zero-order valence-corrected chi connectivity index (χ0v) is 9.31. The first-order chi connectivity index (χ1) is 8.24. The number of hydrogen-bond donors (Lipinski definition) is 2. The van der Waals surface area contributed by atoms with Crippen molar-refractivity contribution < 1.29 is 9.90 Å². The second kappa shape index (κ2) is 3.77. The van der Waals surface area contributed by atoms with E-state index in [2.05, 4.69) is 29.6 Å². The third kappa shape index (κ3) is 1.73. The van der Waals surface area contributed by atoms with Crippen molar-refractivity contribution in [3.05, 3.63) is 42.0 Å². The number of carboxylic acid groups (broad SMARTS) is 1. The number of aliphatic carboxylic acids is 1. The summed E-state index contributed by atoms with van der Waals surface area (Å²) in [7, 11) is 0. The number of anilines is 1. The third-order valence-corrected chi connectivity index (χ3v) is 3.33. The lowest BCUT2D eigenvalue weighted by Gasteiger charge is -2.23. The molecular formula is C14H13NO2. The van der Waals surface area contributed by atoms with Gasteiger partial charge in [-0.05, 0) is 34.9 Å². The summed E-state index contributed by atoms with van der Waals surface area (Å²) in [4.78, 5) is 11.0. The third-order valence-electron chi connectivity index (χ3n) is 3.33. The molecule has 86 valence electrons. The van der Waals surface area contributed by atoms with Crippen molar-refractivity contribution >= 4 is 22.4 Å². The second-order valence-electron chi connectivity index (χ2n) is 4.48. The second-order valence-corrected chi connectivity index (χ2v) is 4.48. The van der Waals surface area contributed by atoms with Crippen LogP contribution in [0.15, 0.2) is 36.4 Å². The molecule has 0 amide bonds. The highest BCUT2D eigenvalue weighted by atomic mass is 16.4. The standard InChI is InChI=1S/C14H13NO2/c16-14(17)12-6-11-5-9-3-1-2-4-10(9)7-13(11)15-8-12/h1-5,7,12,15H,6,8H2,(H,16,17). The van der Waals surface area contributed by atoms with E-state index in [4.69, 9.17) is 5.11 Å². The smallest absolute Gasteiger partial charge is 0.308 e. The minimum Gasteiger partial charge on any atom is -0.481 e. The summed E-state index contributed by atoms with van der Waals surface area (Å²) in [5.41, 5.74) is 2.17. The van der Waals surface area contributed by atoms with Gasteiger partial charge in [0.25, 0.3) is 0 Å². The Bertz CT molecular complexity index is 592. The molecule has 3 rings (SSSR count). The summed E-state index contributed by atoms with van der Waals surface area (Å²) < 4.78 is 0. The zero-order chi connectivity index (χ0) is 11.8. The van der Waals surface area contributed by atoms with E-state index in [0.717, 1.165) is 11.3 Å². The van der Waals surface area contributed by atoms with Crippen molar-refractivity contribution in [3.8, 4) is 0 Å². The number of rotatable bonds is 1. The molecule has 2 aromatic rings. The van der Waals surface area contributed by atoms with Gasteiger partial charge in [0.15, 0.2) is 0 Å². The van der Waals surface area contributed by atoms with Crippen LogP contribution in [-0.2, 0) is 11.2 Å². The van der Waals surface area contributed by atoms with Crippen LogP contribution >= 0.6 is 0 Å².